The number of nitrogens with one attached hydrogen (secondary N) is 1. The van der Waals surface area contributed by atoms with E-state index in [2.05, 4.69) is 15.3 Å². The summed E-state index contributed by atoms with van der Waals surface area (Å²) in [6, 6.07) is 8.45. The Bertz CT molecular complexity index is 677. The second-order valence-corrected chi connectivity index (χ2v) is 5.52. The number of unbranched alkanes of at least 4 members (excludes halogenated alkanes) is 1. The summed E-state index contributed by atoms with van der Waals surface area (Å²) in [6.07, 6.45) is 1.54. The van der Waals surface area contributed by atoms with Crippen LogP contribution in [0.3, 0.4) is 0 Å². The van der Waals surface area contributed by atoms with Crippen molar-refractivity contribution in [1.82, 2.24) is 5.32 Å². The minimum absolute atomic E-state index is 0.115. The lowest BCUT2D eigenvalue weighted by molar-refractivity contribution is -0.146. The molecule has 9 nitrogen and oxygen atoms in total. The zero-order valence-corrected chi connectivity index (χ0v) is 14.6. The molecule has 0 fully saturated rings. The molecule has 138 valence electrons. The highest BCUT2D eigenvalue weighted by Crippen LogP contribution is 2.13. The highest BCUT2D eigenvalue weighted by atomic mass is 16.5. The van der Waals surface area contributed by atoms with Crippen LogP contribution in [0.4, 0.5) is 10.5 Å². The van der Waals surface area contributed by atoms with Crippen LogP contribution in [-0.4, -0.2) is 25.2 Å². The fourth-order valence-electron chi connectivity index (χ4n) is 2.04. The summed E-state index contributed by atoms with van der Waals surface area (Å²) in [5, 5.41) is 14.4. The fraction of sp³-hybridized carbons (Fsp3) is 0.471. The predicted molar refractivity (Wildman–Crippen MR) is 93.0 cm³/mol. The van der Waals surface area contributed by atoms with Gasteiger partial charge in [-0.1, -0.05) is 42.7 Å². The van der Waals surface area contributed by atoms with Crippen LogP contribution < -0.4 is 5.32 Å². The number of benzene rings is 1. The van der Waals surface area contributed by atoms with Gasteiger partial charge in [0, 0.05) is 17.1 Å². The van der Waals surface area contributed by atoms with Crippen LogP contribution in [0.1, 0.15) is 31.7 Å². The third-order valence-corrected chi connectivity index (χ3v) is 3.48. The van der Waals surface area contributed by atoms with Crippen LogP contribution >= 0.6 is 0 Å². The van der Waals surface area contributed by atoms with E-state index in [4.69, 9.17) is 20.3 Å². The zero-order valence-electron chi connectivity index (χ0n) is 14.6. The van der Waals surface area contributed by atoms with Crippen molar-refractivity contribution in [1.29, 1.82) is 5.26 Å². The Balaban J connectivity index is 2.14. The Kier molecular flexibility index (Phi) is 9.74. The molecule has 0 radical (unpaired) electrons. The van der Waals surface area contributed by atoms with E-state index < -0.39 is 6.09 Å². The van der Waals surface area contributed by atoms with Crippen molar-refractivity contribution in [2.24, 2.45) is 11.0 Å². The normalized spacial score (nSPS) is 10.8. The molecule has 1 N–H and O–H groups in total. The minimum atomic E-state index is -0.523. The maximum absolute atomic E-state index is 11.6. The first-order chi connectivity index (χ1) is 12.6. The van der Waals surface area contributed by atoms with E-state index in [-0.39, 0.29) is 25.1 Å². The lowest BCUT2D eigenvalue weighted by Crippen LogP contribution is -2.25. The van der Waals surface area contributed by atoms with Crippen LogP contribution in [0.2, 0.25) is 0 Å². The largest absolute Gasteiger partial charge is 0.450 e. The molecular formula is C17H21N5O4. The smallest absolute Gasteiger partial charge is 0.407 e. The van der Waals surface area contributed by atoms with Crippen LogP contribution in [0.5, 0.6) is 0 Å². The molecule has 9 heteroatoms. The second kappa shape index (κ2) is 12.2. The summed E-state index contributed by atoms with van der Waals surface area (Å²) in [5.74, 6) is -0.658. The predicted octanol–water partition coefficient (Wildman–Crippen LogP) is 3.73. The fourth-order valence-corrected chi connectivity index (χ4v) is 2.04. The summed E-state index contributed by atoms with van der Waals surface area (Å²) in [4.78, 5) is 25.8. The van der Waals surface area contributed by atoms with E-state index in [1.54, 1.807) is 37.3 Å². The highest BCUT2D eigenvalue weighted by Gasteiger charge is 2.13. The van der Waals surface area contributed by atoms with E-state index in [1.807, 2.05) is 0 Å². The number of esters is 1. The third-order valence-electron chi connectivity index (χ3n) is 3.48. The Labute approximate surface area is 151 Å². The van der Waals surface area contributed by atoms with Crippen molar-refractivity contribution < 1.29 is 19.1 Å². The Morgan fingerprint density at radius 3 is 2.69 bits per heavy atom. The van der Waals surface area contributed by atoms with Crippen LogP contribution in [0.25, 0.3) is 10.4 Å². The van der Waals surface area contributed by atoms with E-state index >= 15 is 0 Å². The lowest BCUT2D eigenvalue weighted by atomic mass is 10.0. The van der Waals surface area contributed by atoms with Gasteiger partial charge >= 0.3 is 12.1 Å². The van der Waals surface area contributed by atoms with Gasteiger partial charge in [0.05, 0.1) is 5.92 Å². The van der Waals surface area contributed by atoms with Gasteiger partial charge in [-0.2, -0.15) is 5.26 Å². The molecule has 0 aromatic heterocycles. The number of carbonyl (C=O) groups excluding carboxylic acids is 2. The summed E-state index contributed by atoms with van der Waals surface area (Å²) >= 11 is 0. The van der Waals surface area contributed by atoms with Crippen molar-refractivity contribution in [3.8, 4) is 6.07 Å². The average molecular weight is 359 g/mol. The van der Waals surface area contributed by atoms with E-state index in [0.717, 1.165) is 12.0 Å². The molecule has 0 unspecified atom stereocenters. The van der Waals surface area contributed by atoms with E-state index in [1.165, 1.54) is 0 Å². The molecule has 0 saturated heterocycles. The van der Waals surface area contributed by atoms with Crippen molar-refractivity contribution in [2.75, 3.05) is 13.2 Å². The standard InChI is InChI=1S/C17H21N5O4/c1-13(16(23)25-11-9-18)4-2-3-10-20-17(24)26-12-14-5-7-15(8-6-14)21-22-19/h5-8,13H,2-4,10-12H2,1H3,(H,20,24)/t13-/m0/s1. The summed E-state index contributed by atoms with van der Waals surface area (Å²) in [6.45, 7) is 2.07. The molecule has 0 aliphatic heterocycles. The van der Waals surface area contributed by atoms with Crippen LogP contribution in [0.15, 0.2) is 29.4 Å². The van der Waals surface area contributed by atoms with Gasteiger partial charge in [-0.05, 0) is 23.9 Å². The molecule has 0 aliphatic carbocycles. The highest BCUT2D eigenvalue weighted by molar-refractivity contribution is 5.72. The van der Waals surface area contributed by atoms with Crippen molar-refractivity contribution in [2.45, 2.75) is 32.8 Å². The quantitative estimate of drug-likeness (QED) is 0.223. The molecule has 1 atom stereocenters. The van der Waals surface area contributed by atoms with Crippen molar-refractivity contribution in [3.63, 3.8) is 0 Å². The Morgan fingerprint density at radius 1 is 1.31 bits per heavy atom. The third kappa shape index (κ3) is 8.57. The van der Waals surface area contributed by atoms with Gasteiger partial charge in [-0.15, -0.1) is 0 Å². The van der Waals surface area contributed by atoms with Gasteiger partial charge in [0.25, 0.3) is 0 Å². The molecule has 1 aromatic rings. The molecule has 26 heavy (non-hydrogen) atoms. The zero-order chi connectivity index (χ0) is 19.2. The van der Waals surface area contributed by atoms with Gasteiger partial charge in [0.1, 0.15) is 12.7 Å². The number of alkyl carbamates (subject to hydrolysis) is 1. The van der Waals surface area contributed by atoms with E-state index in [9.17, 15) is 9.59 Å². The number of carbonyl (C=O) groups is 2. The van der Waals surface area contributed by atoms with Crippen molar-refractivity contribution in [3.05, 3.63) is 40.3 Å². The maximum Gasteiger partial charge on any atom is 0.407 e. The number of rotatable bonds is 10. The molecule has 0 aliphatic rings. The number of hydrogen-bond donors (Lipinski definition) is 1. The first kappa shape index (κ1) is 20.8. The minimum Gasteiger partial charge on any atom is -0.450 e. The van der Waals surface area contributed by atoms with Gasteiger partial charge < -0.3 is 14.8 Å². The number of hydrogen-bond acceptors (Lipinski definition) is 6. The molecule has 1 amide bonds. The van der Waals surface area contributed by atoms with Crippen molar-refractivity contribution >= 4 is 17.7 Å². The Morgan fingerprint density at radius 2 is 2.04 bits per heavy atom. The number of nitriles is 1. The molecular weight excluding hydrogens is 338 g/mol. The number of amides is 1. The first-order valence-corrected chi connectivity index (χ1v) is 8.15. The van der Waals surface area contributed by atoms with Gasteiger partial charge in [-0.3, -0.25) is 4.79 Å². The van der Waals surface area contributed by atoms with Gasteiger partial charge in [0.2, 0.25) is 0 Å². The monoisotopic (exact) mass is 359 g/mol. The van der Waals surface area contributed by atoms with Crippen LogP contribution in [-0.2, 0) is 20.9 Å². The molecule has 0 saturated carbocycles. The van der Waals surface area contributed by atoms with Gasteiger partial charge in [-0.25, -0.2) is 4.79 Å². The van der Waals surface area contributed by atoms with E-state index in [0.29, 0.717) is 25.1 Å². The second-order valence-electron chi connectivity index (χ2n) is 5.52. The molecule has 0 bridgehead atoms. The molecule has 1 rings (SSSR count). The topological polar surface area (TPSA) is 137 Å². The summed E-state index contributed by atoms with van der Waals surface area (Å²) in [5.41, 5.74) is 9.60. The molecule has 0 heterocycles. The number of ether oxygens (including phenoxy) is 2. The van der Waals surface area contributed by atoms with Crippen LogP contribution in [0, 0.1) is 17.2 Å². The maximum atomic E-state index is 11.6. The first-order valence-electron chi connectivity index (χ1n) is 8.15. The molecule has 1 aromatic carbocycles. The lowest BCUT2D eigenvalue weighted by Gasteiger charge is -2.10. The SMILES string of the molecule is C[C@@H](CCCCNC(=O)OCc1ccc(N=[N+]=[N-])cc1)C(=O)OCC#N. The summed E-state index contributed by atoms with van der Waals surface area (Å²) in [7, 11) is 0. The van der Waals surface area contributed by atoms with Gasteiger partial charge in [0.15, 0.2) is 6.61 Å². The average Bonchev–Trinajstić information content (AvgIpc) is 2.65. The summed E-state index contributed by atoms with van der Waals surface area (Å²) < 4.78 is 9.81. The molecule has 0 spiro atoms. The number of azide groups is 1. The number of nitrogens with zero attached hydrogens (tertiary/aromatic N) is 4. The Hall–Kier alpha value is -3.24.